The van der Waals surface area contributed by atoms with Gasteiger partial charge in [0.05, 0.1) is 12.2 Å². The Morgan fingerprint density at radius 1 is 1.06 bits per heavy atom. The summed E-state index contributed by atoms with van der Waals surface area (Å²) in [5.41, 5.74) is 14.2. The van der Waals surface area contributed by atoms with Gasteiger partial charge in [-0.1, -0.05) is 0 Å². The molecule has 0 radical (unpaired) electrons. The van der Waals surface area contributed by atoms with Crippen LogP contribution in [-0.4, -0.2) is 31.1 Å². The molecule has 0 aromatic rings. The van der Waals surface area contributed by atoms with Gasteiger partial charge in [0.25, 0.3) is 0 Å². The van der Waals surface area contributed by atoms with E-state index in [9.17, 15) is 0 Å². The van der Waals surface area contributed by atoms with E-state index in [-0.39, 0.29) is 60.2 Å². The molecule has 0 aromatic heterocycles. The average molecular weight is 398 g/mol. The van der Waals surface area contributed by atoms with Gasteiger partial charge in [-0.2, -0.15) is 19.8 Å². The van der Waals surface area contributed by atoms with Crippen LogP contribution in [0, 0.1) is 0 Å². The summed E-state index contributed by atoms with van der Waals surface area (Å²) in [6.45, 7) is 3.97. The summed E-state index contributed by atoms with van der Waals surface area (Å²) in [6.07, 6.45) is -0.440. The third kappa shape index (κ3) is 8.92. The molecule has 1 fully saturated rings. The molecule has 1 aliphatic rings. The van der Waals surface area contributed by atoms with Crippen molar-refractivity contribution in [1.29, 1.82) is 0 Å². The molecule has 2 N–H and O–H groups in total. The van der Waals surface area contributed by atoms with Crippen molar-refractivity contribution in [3.05, 3.63) is 11.5 Å². The number of hydrogen-bond donors (Lipinski definition) is 0. The van der Waals surface area contributed by atoms with Crippen molar-refractivity contribution in [2.45, 2.75) is 31.8 Å². The molecule has 0 saturated carbocycles. The quantitative estimate of drug-likeness (QED) is 0.530. The van der Waals surface area contributed by atoms with Crippen LogP contribution in [0.2, 0.25) is 0 Å². The van der Waals surface area contributed by atoms with Crippen LogP contribution in [0.4, 0.5) is 0 Å². The average Bonchev–Trinajstić information content (AvgIpc) is 2.42. The Labute approximate surface area is 120 Å². The SMILES string of the molecule is CC1(C)O[C@@H](C[NH-])[C@H](C[NH-])O1.P.P.[Cl][Ru+2][Cl]. The summed E-state index contributed by atoms with van der Waals surface area (Å²) in [5.74, 6) is -0.600. The Morgan fingerprint density at radius 3 is 1.50 bits per heavy atom. The normalized spacial score (nSPS) is 25.9. The Hall–Kier alpha value is 1.90. The van der Waals surface area contributed by atoms with Gasteiger partial charge in [-0.15, -0.1) is 13.1 Å². The van der Waals surface area contributed by atoms with Crippen molar-refractivity contribution in [2.75, 3.05) is 13.1 Å². The molecule has 1 saturated heterocycles. The Balaban J connectivity index is -0.000000306. The van der Waals surface area contributed by atoms with E-state index in [1.54, 1.807) is 0 Å². The molecule has 0 bridgehead atoms. The molecular formula is C7H20Cl2N2O2P2Ru. The van der Waals surface area contributed by atoms with Crippen molar-refractivity contribution in [2.24, 2.45) is 0 Å². The van der Waals surface area contributed by atoms with Gasteiger partial charge in [0.2, 0.25) is 0 Å². The van der Waals surface area contributed by atoms with Crippen LogP contribution < -0.4 is 0 Å². The van der Waals surface area contributed by atoms with Crippen LogP contribution in [0.1, 0.15) is 13.8 Å². The summed E-state index contributed by atoms with van der Waals surface area (Å²) >= 11 is -0.346. The van der Waals surface area contributed by atoms with E-state index in [0.717, 1.165) is 0 Å². The summed E-state index contributed by atoms with van der Waals surface area (Å²) in [4.78, 5) is 0. The van der Waals surface area contributed by atoms with Crippen LogP contribution in [-0.2, 0) is 24.6 Å². The number of hydrogen-bond acceptors (Lipinski definition) is 2. The van der Waals surface area contributed by atoms with Crippen molar-refractivity contribution in [1.82, 2.24) is 0 Å². The molecule has 1 aliphatic heterocycles. The maximum absolute atomic E-state index is 7.12. The number of halogens is 2. The van der Waals surface area contributed by atoms with Crippen LogP contribution in [0.3, 0.4) is 0 Å². The zero-order chi connectivity index (χ0) is 11.2. The van der Waals surface area contributed by atoms with Gasteiger partial charge in [0.15, 0.2) is 5.79 Å². The van der Waals surface area contributed by atoms with Crippen molar-refractivity contribution < 1.29 is 24.6 Å². The van der Waals surface area contributed by atoms with Gasteiger partial charge in [-0.05, 0) is 13.8 Å². The second kappa shape index (κ2) is 12.0. The van der Waals surface area contributed by atoms with Crippen molar-refractivity contribution >= 4 is 39.2 Å². The first-order valence-electron chi connectivity index (χ1n) is 4.00. The van der Waals surface area contributed by atoms with E-state index < -0.39 is 5.79 Å². The fourth-order valence-electron chi connectivity index (χ4n) is 1.25. The van der Waals surface area contributed by atoms with Crippen LogP contribution in [0.25, 0.3) is 11.5 Å². The van der Waals surface area contributed by atoms with E-state index in [0.29, 0.717) is 0 Å². The van der Waals surface area contributed by atoms with Crippen LogP contribution in [0.5, 0.6) is 0 Å². The standard InChI is InChI=1S/C7H14N2O2.2ClH.2H3P.Ru/c1-7(2)10-5(3-8)6(4-9)11-7;;;;;/h5-6,8-9H,3-4H2,1-2H3;2*1H;2*1H3;/q-2;;;;;+4/p-2/t5-,6-;;;;;/m0...../s1. The second-order valence-electron chi connectivity index (χ2n) is 3.17. The van der Waals surface area contributed by atoms with Gasteiger partial charge in [-0.25, -0.2) is 0 Å². The summed E-state index contributed by atoms with van der Waals surface area (Å²) < 4.78 is 10.7. The zero-order valence-electron chi connectivity index (χ0n) is 9.41. The first-order chi connectivity index (χ1) is 6.50. The molecule has 4 atom stereocenters. The summed E-state index contributed by atoms with van der Waals surface area (Å²) in [6, 6.07) is 0. The fraction of sp³-hybridized carbons (Fsp3) is 1.00. The molecule has 1 heterocycles. The molecule has 0 aromatic carbocycles. The van der Waals surface area contributed by atoms with Crippen molar-refractivity contribution in [3.8, 4) is 0 Å². The molecule has 2 unspecified atom stereocenters. The minimum absolute atomic E-state index is 0. The van der Waals surface area contributed by atoms with Gasteiger partial charge in [0, 0.05) is 0 Å². The molecule has 9 heteroatoms. The number of nitrogens with one attached hydrogen (secondary N) is 2. The molecule has 0 aliphatic carbocycles. The summed E-state index contributed by atoms with van der Waals surface area (Å²) in [5, 5.41) is 0. The van der Waals surface area contributed by atoms with Gasteiger partial charge < -0.3 is 20.9 Å². The third-order valence-corrected chi connectivity index (χ3v) is 1.69. The first kappa shape index (κ1) is 23.0. The summed E-state index contributed by atoms with van der Waals surface area (Å²) in [7, 11) is 9.71. The third-order valence-electron chi connectivity index (χ3n) is 1.69. The van der Waals surface area contributed by atoms with E-state index in [4.69, 9.17) is 40.3 Å². The Kier molecular flexibility index (Phi) is 17.2. The first-order valence-corrected chi connectivity index (χ1v) is 8.48. The predicted octanol–water partition coefficient (Wildman–Crippen LogP) is 3.10. The molecular weight excluding hydrogens is 378 g/mol. The second-order valence-corrected chi connectivity index (χ2v) is 5.81. The van der Waals surface area contributed by atoms with Gasteiger partial charge in [0.1, 0.15) is 0 Å². The van der Waals surface area contributed by atoms with E-state index in [1.165, 1.54) is 0 Å². The van der Waals surface area contributed by atoms with E-state index >= 15 is 0 Å². The number of ether oxygens (including phenoxy) is 2. The van der Waals surface area contributed by atoms with E-state index in [2.05, 4.69) is 0 Å². The van der Waals surface area contributed by atoms with Gasteiger partial charge >= 0.3 is 34.5 Å². The Morgan fingerprint density at radius 2 is 1.31 bits per heavy atom. The van der Waals surface area contributed by atoms with Gasteiger partial charge in [-0.3, -0.25) is 0 Å². The van der Waals surface area contributed by atoms with Crippen LogP contribution >= 0.6 is 39.2 Å². The topological polar surface area (TPSA) is 66.1 Å². The predicted molar refractivity (Wildman–Crippen MR) is 76.1 cm³/mol. The number of rotatable bonds is 2. The van der Waals surface area contributed by atoms with Crippen LogP contribution in [0.15, 0.2) is 0 Å². The molecule has 1 rings (SSSR count). The van der Waals surface area contributed by atoms with E-state index in [1.807, 2.05) is 13.8 Å². The fourth-order valence-corrected chi connectivity index (χ4v) is 1.25. The minimum atomic E-state index is -0.600. The molecule has 102 valence electrons. The monoisotopic (exact) mass is 398 g/mol. The molecule has 4 nitrogen and oxygen atoms in total. The maximum atomic E-state index is 7.12. The molecule has 0 amide bonds. The Bertz CT molecular complexity index is 157. The zero-order valence-corrected chi connectivity index (χ0v) is 15.5. The van der Waals surface area contributed by atoms with Crippen molar-refractivity contribution in [3.63, 3.8) is 0 Å². The molecule has 0 spiro atoms. The molecule has 16 heavy (non-hydrogen) atoms.